The average Bonchev–Trinajstić information content (AvgIpc) is 2.59. The van der Waals surface area contributed by atoms with Crippen LogP contribution in [0, 0.1) is 0 Å². The Morgan fingerprint density at radius 2 is 1.84 bits per heavy atom. The van der Waals surface area contributed by atoms with Gasteiger partial charge < -0.3 is 20.1 Å². The molecule has 2 N–H and O–H groups in total. The highest BCUT2D eigenvalue weighted by atomic mass is 32.1. The summed E-state index contributed by atoms with van der Waals surface area (Å²) in [5.41, 5.74) is 0.740. The first-order valence-electron chi connectivity index (χ1n) is 8.47. The molecule has 0 aliphatic carbocycles. The number of anilines is 1. The van der Waals surface area contributed by atoms with Crippen LogP contribution in [0.25, 0.3) is 0 Å². The molecule has 25 heavy (non-hydrogen) atoms. The lowest BCUT2D eigenvalue weighted by Crippen LogP contribution is -2.34. The van der Waals surface area contributed by atoms with Crippen molar-refractivity contribution in [3.8, 4) is 5.75 Å². The molecule has 1 rings (SSSR count). The van der Waals surface area contributed by atoms with Crippen molar-refractivity contribution in [1.29, 1.82) is 0 Å². The van der Waals surface area contributed by atoms with Gasteiger partial charge in [-0.1, -0.05) is 13.8 Å². The van der Waals surface area contributed by atoms with Gasteiger partial charge in [-0.3, -0.25) is 9.59 Å². The zero-order valence-corrected chi connectivity index (χ0v) is 15.8. The smallest absolute Gasteiger partial charge is 0.306 e. The predicted octanol–water partition coefficient (Wildman–Crippen LogP) is 3.41. The van der Waals surface area contributed by atoms with Gasteiger partial charge in [0.1, 0.15) is 5.75 Å². The molecule has 1 unspecified atom stereocenters. The summed E-state index contributed by atoms with van der Waals surface area (Å²) in [6.45, 7) is 6.35. The zero-order chi connectivity index (χ0) is 18.7. The van der Waals surface area contributed by atoms with Gasteiger partial charge in [0.15, 0.2) is 5.11 Å². The molecule has 0 fully saturated rings. The Kier molecular flexibility index (Phi) is 9.54. The molecule has 0 saturated heterocycles. The summed E-state index contributed by atoms with van der Waals surface area (Å²) in [5, 5.41) is 5.64. The predicted molar refractivity (Wildman–Crippen MR) is 102 cm³/mol. The molecule has 0 heterocycles. The summed E-state index contributed by atoms with van der Waals surface area (Å²) >= 11 is 5.09. The van der Waals surface area contributed by atoms with Crippen LogP contribution >= 0.6 is 12.2 Å². The molecule has 138 valence electrons. The largest absolute Gasteiger partial charge is 0.491 e. The summed E-state index contributed by atoms with van der Waals surface area (Å²) in [5.74, 6) is 0.0656. The van der Waals surface area contributed by atoms with Crippen molar-refractivity contribution in [2.24, 2.45) is 0 Å². The van der Waals surface area contributed by atoms with E-state index in [2.05, 4.69) is 17.6 Å². The lowest BCUT2D eigenvalue weighted by Gasteiger charge is -2.13. The number of hydrogen-bond acceptors (Lipinski definition) is 5. The standard InChI is InChI=1S/C18H26N2O4S/c1-4-12-23-17(22)11-10-16(21)20-18(25)19-14-6-8-15(9-7-14)24-13(3)5-2/h6-9,13H,4-5,10-12H2,1-3H3,(H2,19,20,21,25). The molecule has 1 aromatic rings. The van der Waals surface area contributed by atoms with Gasteiger partial charge >= 0.3 is 5.97 Å². The maximum Gasteiger partial charge on any atom is 0.306 e. The molecule has 0 bridgehead atoms. The fraction of sp³-hybridized carbons (Fsp3) is 0.500. The number of amides is 1. The van der Waals surface area contributed by atoms with Gasteiger partial charge in [-0.15, -0.1) is 0 Å². The molecule has 1 amide bonds. The lowest BCUT2D eigenvalue weighted by molar-refractivity contribution is -0.144. The summed E-state index contributed by atoms with van der Waals surface area (Å²) < 4.78 is 10.6. The summed E-state index contributed by atoms with van der Waals surface area (Å²) in [6, 6.07) is 7.31. The van der Waals surface area contributed by atoms with E-state index in [1.54, 1.807) is 0 Å². The molecule has 0 aromatic heterocycles. The number of esters is 1. The van der Waals surface area contributed by atoms with E-state index in [1.165, 1.54) is 0 Å². The van der Waals surface area contributed by atoms with E-state index in [4.69, 9.17) is 21.7 Å². The van der Waals surface area contributed by atoms with Crippen LogP contribution in [-0.4, -0.2) is 29.7 Å². The fourth-order valence-electron chi connectivity index (χ4n) is 1.79. The molecule has 7 heteroatoms. The molecule has 0 radical (unpaired) electrons. The van der Waals surface area contributed by atoms with Gasteiger partial charge in [0, 0.05) is 12.1 Å². The second-order valence-corrected chi connectivity index (χ2v) is 5.99. The van der Waals surface area contributed by atoms with E-state index in [0.717, 1.165) is 24.3 Å². The molecule has 0 spiro atoms. The van der Waals surface area contributed by atoms with Crippen molar-refractivity contribution in [1.82, 2.24) is 5.32 Å². The fourth-order valence-corrected chi connectivity index (χ4v) is 2.02. The number of carbonyl (C=O) groups excluding carboxylic acids is 2. The van der Waals surface area contributed by atoms with Gasteiger partial charge in [-0.2, -0.15) is 0 Å². The number of nitrogens with one attached hydrogen (secondary N) is 2. The zero-order valence-electron chi connectivity index (χ0n) is 15.0. The molecule has 1 atom stereocenters. The highest BCUT2D eigenvalue weighted by Crippen LogP contribution is 2.17. The monoisotopic (exact) mass is 366 g/mol. The third kappa shape index (κ3) is 9.05. The number of benzene rings is 1. The Labute approximate surface area is 154 Å². The van der Waals surface area contributed by atoms with Crippen LogP contribution in [0.3, 0.4) is 0 Å². The van der Waals surface area contributed by atoms with Crippen LogP contribution in [0.15, 0.2) is 24.3 Å². The van der Waals surface area contributed by atoms with E-state index in [9.17, 15) is 9.59 Å². The Morgan fingerprint density at radius 3 is 2.44 bits per heavy atom. The molecule has 6 nitrogen and oxygen atoms in total. The average molecular weight is 366 g/mol. The minimum atomic E-state index is -0.382. The maximum atomic E-state index is 11.8. The first-order chi connectivity index (χ1) is 11.9. The van der Waals surface area contributed by atoms with Gasteiger partial charge in [0.25, 0.3) is 0 Å². The maximum absolute atomic E-state index is 11.8. The minimum absolute atomic E-state index is 0.0338. The summed E-state index contributed by atoms with van der Waals surface area (Å²) in [4.78, 5) is 23.1. The van der Waals surface area contributed by atoms with Crippen LogP contribution < -0.4 is 15.4 Å². The van der Waals surface area contributed by atoms with Crippen molar-refractivity contribution in [3.63, 3.8) is 0 Å². The van der Waals surface area contributed by atoms with Crippen molar-refractivity contribution in [3.05, 3.63) is 24.3 Å². The number of thiocarbonyl (C=S) groups is 1. The van der Waals surface area contributed by atoms with E-state index in [1.807, 2.05) is 38.1 Å². The topological polar surface area (TPSA) is 76.7 Å². The van der Waals surface area contributed by atoms with Crippen molar-refractivity contribution in [2.45, 2.75) is 52.6 Å². The summed E-state index contributed by atoms with van der Waals surface area (Å²) in [6.07, 6.45) is 1.92. The molecule has 0 aliphatic rings. The second kappa shape index (κ2) is 11.4. The van der Waals surface area contributed by atoms with Gasteiger partial charge in [0.2, 0.25) is 5.91 Å². The quantitative estimate of drug-likeness (QED) is 0.515. The highest BCUT2D eigenvalue weighted by Gasteiger charge is 2.09. The molecular weight excluding hydrogens is 340 g/mol. The van der Waals surface area contributed by atoms with Crippen LogP contribution in [0.2, 0.25) is 0 Å². The van der Waals surface area contributed by atoms with Crippen LogP contribution in [-0.2, 0) is 14.3 Å². The third-order valence-electron chi connectivity index (χ3n) is 3.30. The molecule has 0 saturated carbocycles. The number of ether oxygens (including phenoxy) is 2. The minimum Gasteiger partial charge on any atom is -0.491 e. The van der Waals surface area contributed by atoms with Crippen molar-refractivity contribution < 1.29 is 19.1 Å². The third-order valence-corrected chi connectivity index (χ3v) is 3.50. The normalized spacial score (nSPS) is 11.3. The number of carbonyl (C=O) groups is 2. The Balaban J connectivity index is 2.35. The second-order valence-electron chi connectivity index (χ2n) is 5.58. The van der Waals surface area contributed by atoms with Crippen LogP contribution in [0.4, 0.5) is 5.69 Å². The van der Waals surface area contributed by atoms with E-state index < -0.39 is 0 Å². The van der Waals surface area contributed by atoms with E-state index in [0.29, 0.717) is 6.61 Å². The molecule has 1 aromatic carbocycles. The summed E-state index contributed by atoms with van der Waals surface area (Å²) in [7, 11) is 0. The Bertz CT molecular complexity index is 575. The van der Waals surface area contributed by atoms with Crippen molar-refractivity contribution in [2.75, 3.05) is 11.9 Å². The first-order valence-corrected chi connectivity index (χ1v) is 8.88. The van der Waals surface area contributed by atoms with E-state index in [-0.39, 0.29) is 35.9 Å². The number of rotatable bonds is 9. The lowest BCUT2D eigenvalue weighted by atomic mass is 10.3. The Morgan fingerprint density at radius 1 is 1.16 bits per heavy atom. The van der Waals surface area contributed by atoms with Crippen LogP contribution in [0.1, 0.15) is 46.5 Å². The SMILES string of the molecule is CCCOC(=O)CCC(=O)NC(=S)Nc1ccc(OC(C)CC)cc1. The first kappa shape index (κ1) is 20.9. The highest BCUT2D eigenvalue weighted by molar-refractivity contribution is 7.80. The molecule has 0 aliphatic heterocycles. The van der Waals surface area contributed by atoms with Gasteiger partial charge in [-0.25, -0.2) is 0 Å². The van der Waals surface area contributed by atoms with Crippen LogP contribution in [0.5, 0.6) is 5.75 Å². The van der Waals surface area contributed by atoms with Crippen molar-refractivity contribution >= 4 is 34.9 Å². The van der Waals surface area contributed by atoms with E-state index >= 15 is 0 Å². The molecular formula is C18H26N2O4S. The van der Waals surface area contributed by atoms with Gasteiger partial charge in [-0.05, 0) is 56.2 Å². The Hall–Kier alpha value is -2.15. The van der Waals surface area contributed by atoms with Gasteiger partial charge in [0.05, 0.1) is 19.1 Å². The number of hydrogen-bond donors (Lipinski definition) is 2.